The second-order valence-electron chi connectivity index (χ2n) is 8.46. The molecule has 0 saturated carbocycles. The summed E-state index contributed by atoms with van der Waals surface area (Å²) in [4.78, 5) is 47.1. The predicted octanol–water partition coefficient (Wildman–Crippen LogP) is 4.00. The second-order valence-corrected chi connectivity index (χ2v) is 8.86. The zero-order valence-corrected chi connectivity index (χ0v) is 21.9. The molecule has 12 heteroatoms. The van der Waals surface area contributed by atoms with Gasteiger partial charge in [-0.3, -0.25) is 15.0 Å². The van der Waals surface area contributed by atoms with Gasteiger partial charge in [-0.2, -0.15) is 4.68 Å². The van der Waals surface area contributed by atoms with Crippen LogP contribution in [0, 0.1) is 17.7 Å². The van der Waals surface area contributed by atoms with Gasteiger partial charge in [-0.1, -0.05) is 41.8 Å². The molecule has 4 aromatic rings. The number of rotatable bonds is 9. The normalized spacial score (nSPS) is 10.4. The van der Waals surface area contributed by atoms with E-state index >= 15 is 0 Å². The summed E-state index contributed by atoms with van der Waals surface area (Å²) in [5.74, 6) is 4.53. The number of pyridine rings is 1. The molecule has 2 amide bonds. The summed E-state index contributed by atoms with van der Waals surface area (Å²) in [7, 11) is 0. The zero-order valence-electron chi connectivity index (χ0n) is 21.1. The van der Waals surface area contributed by atoms with Crippen LogP contribution in [0.15, 0.2) is 71.7 Å². The molecule has 4 rings (SSSR count). The number of halogens is 2. The number of hydrogen-bond donors (Lipinski definition) is 3. The van der Waals surface area contributed by atoms with Crippen molar-refractivity contribution in [2.45, 2.75) is 12.8 Å². The number of amides is 2. The highest BCUT2D eigenvalue weighted by Gasteiger charge is 2.20. The average Bonchev–Trinajstić information content (AvgIpc) is 2.95. The Bertz CT molecular complexity index is 1650. The first-order valence-corrected chi connectivity index (χ1v) is 12.6. The van der Waals surface area contributed by atoms with Gasteiger partial charge in [0.2, 0.25) is 5.82 Å². The summed E-state index contributed by atoms with van der Waals surface area (Å²) in [6.07, 6.45) is 0.780. The number of para-hydroxylation sites is 1. The number of anilines is 1. The molecule has 204 valence electrons. The Balaban J connectivity index is 1.58. The lowest BCUT2D eigenvalue weighted by atomic mass is 10.1. The molecular formula is C28H24ClFN6O4. The SMILES string of the molecule is O=C(O)NCCCN(CCC#Cc1nc2cccnc2c(=O)n1Nc1ccccc1)C(=O)c1cccc(Cl)c1F. The summed E-state index contributed by atoms with van der Waals surface area (Å²) in [6, 6.07) is 16.5. The molecule has 0 atom stereocenters. The standard InChI is InChI=1S/C28H24ClFN6O4/c29-21-12-6-11-20(24(21)30)26(37)35(18-8-16-32-28(39)40)17-5-4-14-23-33-22-13-7-15-31-25(22)27(38)36(23)34-19-9-2-1-3-10-19/h1-3,6-7,9-13,15,32,34H,5,8,16-18H2,(H,39,40). The van der Waals surface area contributed by atoms with E-state index in [9.17, 15) is 18.8 Å². The first kappa shape index (κ1) is 28.1. The second kappa shape index (κ2) is 13.2. The van der Waals surface area contributed by atoms with Crippen LogP contribution in [0.3, 0.4) is 0 Å². The van der Waals surface area contributed by atoms with Gasteiger partial charge < -0.3 is 15.3 Å². The van der Waals surface area contributed by atoms with Gasteiger partial charge in [-0.25, -0.2) is 19.2 Å². The third-order valence-electron chi connectivity index (χ3n) is 5.70. The summed E-state index contributed by atoms with van der Waals surface area (Å²) in [5.41, 5.74) is 3.56. The van der Waals surface area contributed by atoms with Crippen LogP contribution in [-0.4, -0.2) is 56.3 Å². The van der Waals surface area contributed by atoms with Gasteiger partial charge in [-0.15, -0.1) is 0 Å². The molecule has 2 aromatic carbocycles. The van der Waals surface area contributed by atoms with Crippen LogP contribution in [0.2, 0.25) is 5.02 Å². The number of fused-ring (bicyclic) bond motifs is 1. The Kier molecular flexibility index (Phi) is 9.27. The van der Waals surface area contributed by atoms with Crippen LogP contribution in [0.25, 0.3) is 11.0 Å². The lowest BCUT2D eigenvalue weighted by molar-refractivity contribution is 0.0753. The van der Waals surface area contributed by atoms with Crippen LogP contribution in [0.5, 0.6) is 0 Å². The van der Waals surface area contributed by atoms with Crippen molar-refractivity contribution >= 4 is 40.3 Å². The maximum atomic E-state index is 14.6. The molecule has 40 heavy (non-hydrogen) atoms. The fourth-order valence-corrected chi connectivity index (χ4v) is 3.97. The molecule has 0 bridgehead atoms. The van der Waals surface area contributed by atoms with Gasteiger partial charge in [0.25, 0.3) is 11.5 Å². The Hall–Kier alpha value is -4.95. The monoisotopic (exact) mass is 562 g/mol. The number of carbonyl (C=O) groups excluding carboxylic acids is 1. The fourth-order valence-electron chi connectivity index (χ4n) is 3.80. The zero-order chi connectivity index (χ0) is 28.5. The van der Waals surface area contributed by atoms with Crippen LogP contribution >= 0.6 is 11.6 Å². The smallest absolute Gasteiger partial charge is 0.404 e. The molecule has 2 heterocycles. The van der Waals surface area contributed by atoms with Crippen molar-refractivity contribution in [2.24, 2.45) is 0 Å². The fraction of sp³-hybridized carbons (Fsp3) is 0.179. The van der Waals surface area contributed by atoms with E-state index in [-0.39, 0.29) is 48.0 Å². The van der Waals surface area contributed by atoms with Gasteiger partial charge in [0, 0.05) is 32.3 Å². The quantitative estimate of drug-likeness (QED) is 0.208. The molecule has 0 spiro atoms. The average molecular weight is 563 g/mol. The van der Waals surface area contributed by atoms with E-state index in [4.69, 9.17) is 16.7 Å². The first-order chi connectivity index (χ1) is 19.3. The van der Waals surface area contributed by atoms with E-state index in [2.05, 4.69) is 32.6 Å². The number of carbonyl (C=O) groups is 2. The maximum absolute atomic E-state index is 14.6. The molecule has 0 fully saturated rings. The highest BCUT2D eigenvalue weighted by molar-refractivity contribution is 6.31. The molecule has 0 aliphatic heterocycles. The molecule has 0 aliphatic carbocycles. The van der Waals surface area contributed by atoms with Crippen molar-refractivity contribution in [1.29, 1.82) is 0 Å². The van der Waals surface area contributed by atoms with Crippen molar-refractivity contribution in [3.05, 3.63) is 99.4 Å². The molecule has 0 radical (unpaired) electrons. The Morgan fingerprint density at radius 2 is 1.88 bits per heavy atom. The number of nitrogens with one attached hydrogen (secondary N) is 2. The third-order valence-corrected chi connectivity index (χ3v) is 5.99. The van der Waals surface area contributed by atoms with Gasteiger partial charge in [-0.05, 0) is 48.7 Å². The molecule has 0 aliphatic rings. The van der Waals surface area contributed by atoms with Crippen molar-refractivity contribution in [3.63, 3.8) is 0 Å². The Labute approximate surface area is 233 Å². The van der Waals surface area contributed by atoms with E-state index < -0.39 is 23.4 Å². The van der Waals surface area contributed by atoms with Crippen molar-refractivity contribution in [1.82, 2.24) is 24.9 Å². The number of nitrogens with zero attached hydrogens (tertiary/aromatic N) is 4. The molecule has 3 N–H and O–H groups in total. The summed E-state index contributed by atoms with van der Waals surface area (Å²) in [5, 5.41) is 10.9. The van der Waals surface area contributed by atoms with E-state index in [0.717, 1.165) is 0 Å². The van der Waals surface area contributed by atoms with E-state index in [1.165, 1.54) is 34.0 Å². The number of carboxylic acid groups (broad SMARTS) is 1. The minimum absolute atomic E-state index is 0.106. The van der Waals surface area contributed by atoms with Crippen molar-refractivity contribution in [3.8, 4) is 11.8 Å². The van der Waals surface area contributed by atoms with Crippen LogP contribution < -0.4 is 16.3 Å². The van der Waals surface area contributed by atoms with Crippen molar-refractivity contribution < 1.29 is 19.1 Å². The lowest BCUT2D eigenvalue weighted by Gasteiger charge is -2.22. The van der Waals surface area contributed by atoms with E-state index in [1.807, 2.05) is 18.2 Å². The molecule has 0 saturated heterocycles. The van der Waals surface area contributed by atoms with Crippen LogP contribution in [0.1, 0.15) is 29.0 Å². The lowest BCUT2D eigenvalue weighted by Crippen LogP contribution is -2.35. The van der Waals surface area contributed by atoms with Gasteiger partial charge in [0.15, 0.2) is 11.3 Å². The largest absolute Gasteiger partial charge is 0.465 e. The van der Waals surface area contributed by atoms with Crippen LogP contribution in [-0.2, 0) is 0 Å². The van der Waals surface area contributed by atoms with Crippen LogP contribution in [0.4, 0.5) is 14.9 Å². The molecule has 10 nitrogen and oxygen atoms in total. The minimum Gasteiger partial charge on any atom is -0.465 e. The minimum atomic E-state index is -1.18. The number of aromatic nitrogens is 3. The number of benzene rings is 2. The highest BCUT2D eigenvalue weighted by atomic mass is 35.5. The van der Waals surface area contributed by atoms with E-state index in [1.54, 1.807) is 24.3 Å². The summed E-state index contributed by atoms with van der Waals surface area (Å²) >= 11 is 5.86. The van der Waals surface area contributed by atoms with E-state index in [0.29, 0.717) is 17.6 Å². The van der Waals surface area contributed by atoms with Gasteiger partial charge in [0.05, 0.1) is 21.8 Å². The molecule has 0 unspecified atom stereocenters. The Morgan fingerprint density at radius 3 is 2.65 bits per heavy atom. The Morgan fingerprint density at radius 1 is 1.07 bits per heavy atom. The molecular weight excluding hydrogens is 539 g/mol. The molecule has 2 aromatic heterocycles. The highest BCUT2D eigenvalue weighted by Crippen LogP contribution is 2.19. The first-order valence-electron chi connectivity index (χ1n) is 12.2. The summed E-state index contributed by atoms with van der Waals surface area (Å²) in [6.45, 7) is 0.360. The van der Waals surface area contributed by atoms with Crippen molar-refractivity contribution in [2.75, 3.05) is 25.1 Å². The van der Waals surface area contributed by atoms with Gasteiger partial charge >= 0.3 is 6.09 Å². The summed E-state index contributed by atoms with van der Waals surface area (Å²) < 4.78 is 15.8. The topological polar surface area (TPSA) is 129 Å². The number of hydrogen-bond acceptors (Lipinski definition) is 6. The van der Waals surface area contributed by atoms with Gasteiger partial charge in [0.1, 0.15) is 0 Å². The maximum Gasteiger partial charge on any atom is 0.404 e. The predicted molar refractivity (Wildman–Crippen MR) is 149 cm³/mol. The third kappa shape index (κ3) is 6.92.